The van der Waals surface area contributed by atoms with E-state index in [1.165, 1.54) is 11.3 Å². The average Bonchev–Trinajstić information content (AvgIpc) is 2.84. The molecule has 3 rings (SSSR count). The molecule has 2 aliphatic heterocycles. The van der Waals surface area contributed by atoms with Crippen molar-refractivity contribution >= 4 is 11.8 Å². The Balaban J connectivity index is 1.83. The summed E-state index contributed by atoms with van der Waals surface area (Å²) in [6.45, 7) is 11.7. The highest BCUT2D eigenvalue weighted by atomic mass is 16.6. The number of carbonyl (C=O) groups is 1. The summed E-state index contributed by atoms with van der Waals surface area (Å²) in [5.74, 6) is 0. The van der Waals surface area contributed by atoms with Gasteiger partial charge in [0.1, 0.15) is 0 Å². The summed E-state index contributed by atoms with van der Waals surface area (Å²) < 4.78 is 5.15. The molecule has 0 radical (unpaired) electrons. The number of fused-ring (bicyclic) bond motifs is 2. The van der Waals surface area contributed by atoms with E-state index in [1.807, 2.05) is 11.8 Å². The molecule has 0 bridgehead atoms. The van der Waals surface area contributed by atoms with Gasteiger partial charge in [0.15, 0.2) is 0 Å². The van der Waals surface area contributed by atoms with E-state index in [-0.39, 0.29) is 17.0 Å². The molecular weight excluding hydrogens is 288 g/mol. The van der Waals surface area contributed by atoms with E-state index in [0.29, 0.717) is 6.61 Å². The number of nitrogens with zero attached hydrogens (tertiary/aromatic N) is 2. The molecule has 0 N–H and O–H groups in total. The van der Waals surface area contributed by atoms with Crippen LogP contribution < -0.4 is 4.90 Å². The number of ether oxygens (including phenoxy) is 1. The van der Waals surface area contributed by atoms with Crippen molar-refractivity contribution < 1.29 is 9.53 Å². The van der Waals surface area contributed by atoms with Gasteiger partial charge < -0.3 is 14.5 Å². The van der Waals surface area contributed by atoms with Gasteiger partial charge in [-0.25, -0.2) is 4.79 Å². The van der Waals surface area contributed by atoms with Crippen LogP contribution in [0.25, 0.3) is 0 Å². The van der Waals surface area contributed by atoms with Crippen molar-refractivity contribution in [2.45, 2.75) is 51.5 Å². The van der Waals surface area contributed by atoms with Gasteiger partial charge in [-0.1, -0.05) is 18.2 Å². The zero-order chi connectivity index (χ0) is 16.7. The van der Waals surface area contributed by atoms with E-state index in [2.05, 4.69) is 49.9 Å². The lowest BCUT2D eigenvalue weighted by Gasteiger charge is -2.41. The maximum atomic E-state index is 12.0. The van der Waals surface area contributed by atoms with Crippen LogP contribution >= 0.6 is 0 Å². The quantitative estimate of drug-likeness (QED) is 0.790. The molecule has 1 saturated heterocycles. The molecule has 126 valence electrons. The Morgan fingerprint density at radius 3 is 2.48 bits per heavy atom. The summed E-state index contributed by atoms with van der Waals surface area (Å²) >= 11 is 0. The van der Waals surface area contributed by atoms with E-state index in [1.54, 1.807) is 0 Å². The van der Waals surface area contributed by atoms with Gasteiger partial charge in [0, 0.05) is 36.3 Å². The van der Waals surface area contributed by atoms with E-state index < -0.39 is 0 Å². The number of likely N-dealkylation sites (tertiary alicyclic amines) is 1. The van der Waals surface area contributed by atoms with Crippen LogP contribution in [0, 0.1) is 0 Å². The highest BCUT2D eigenvalue weighted by molar-refractivity contribution is 5.69. The number of amides is 1. The Kier molecular flexibility index (Phi) is 4.03. The summed E-state index contributed by atoms with van der Waals surface area (Å²) in [7, 11) is 0. The lowest BCUT2D eigenvalue weighted by Crippen LogP contribution is -2.50. The zero-order valence-corrected chi connectivity index (χ0v) is 14.8. The Morgan fingerprint density at radius 1 is 1.22 bits per heavy atom. The van der Waals surface area contributed by atoms with Crippen molar-refractivity contribution in [2.24, 2.45) is 0 Å². The molecule has 0 aromatic heterocycles. The first-order valence-electron chi connectivity index (χ1n) is 8.66. The standard InChI is InChI=1S/C19H28N2O2/c1-5-23-17(22)20-12-10-19(11-13-20)14-21(18(2,3)4)16-9-7-6-8-15(16)19/h6-9H,5,10-14H2,1-4H3. The minimum atomic E-state index is -0.165. The Labute approximate surface area is 139 Å². The normalized spacial score (nSPS) is 19.8. The van der Waals surface area contributed by atoms with Crippen LogP contribution in [0.15, 0.2) is 24.3 Å². The Bertz CT molecular complexity index is 583. The van der Waals surface area contributed by atoms with Crippen molar-refractivity contribution in [1.29, 1.82) is 0 Å². The summed E-state index contributed by atoms with van der Waals surface area (Å²) in [5.41, 5.74) is 3.10. The van der Waals surface area contributed by atoms with Crippen LogP contribution in [-0.2, 0) is 10.2 Å². The van der Waals surface area contributed by atoms with Gasteiger partial charge in [-0.2, -0.15) is 0 Å². The summed E-state index contributed by atoms with van der Waals surface area (Å²) in [6, 6.07) is 8.79. The van der Waals surface area contributed by atoms with Crippen molar-refractivity contribution in [1.82, 2.24) is 4.90 Å². The number of carbonyl (C=O) groups excluding carboxylic acids is 1. The third kappa shape index (κ3) is 2.79. The minimum absolute atomic E-state index is 0.109. The van der Waals surface area contributed by atoms with Gasteiger partial charge in [-0.3, -0.25) is 0 Å². The van der Waals surface area contributed by atoms with Gasteiger partial charge in [-0.15, -0.1) is 0 Å². The van der Waals surface area contributed by atoms with Crippen LogP contribution in [0.2, 0.25) is 0 Å². The van der Waals surface area contributed by atoms with Crippen molar-refractivity contribution in [3.8, 4) is 0 Å². The van der Waals surface area contributed by atoms with Crippen LogP contribution in [0.3, 0.4) is 0 Å². The summed E-state index contributed by atoms with van der Waals surface area (Å²) in [5, 5.41) is 0. The molecule has 0 unspecified atom stereocenters. The van der Waals surface area contributed by atoms with Gasteiger partial charge >= 0.3 is 6.09 Å². The molecule has 1 amide bonds. The maximum Gasteiger partial charge on any atom is 0.409 e. The molecule has 4 heteroatoms. The van der Waals surface area contributed by atoms with Crippen LogP contribution in [0.4, 0.5) is 10.5 Å². The molecule has 0 saturated carbocycles. The van der Waals surface area contributed by atoms with Gasteiger partial charge in [-0.05, 0) is 52.2 Å². The highest BCUT2D eigenvalue weighted by Crippen LogP contribution is 2.49. The molecule has 1 fully saturated rings. The predicted octanol–water partition coefficient (Wildman–Crippen LogP) is 3.80. The third-order valence-corrected chi connectivity index (χ3v) is 5.28. The molecule has 23 heavy (non-hydrogen) atoms. The van der Waals surface area contributed by atoms with E-state index in [4.69, 9.17) is 4.74 Å². The summed E-state index contributed by atoms with van der Waals surface area (Å²) in [4.78, 5) is 16.4. The number of hydrogen-bond acceptors (Lipinski definition) is 3. The van der Waals surface area contributed by atoms with Crippen molar-refractivity contribution in [3.63, 3.8) is 0 Å². The van der Waals surface area contributed by atoms with Crippen LogP contribution in [0.5, 0.6) is 0 Å². The lowest BCUT2D eigenvalue weighted by atomic mass is 9.74. The minimum Gasteiger partial charge on any atom is -0.450 e. The third-order valence-electron chi connectivity index (χ3n) is 5.28. The highest BCUT2D eigenvalue weighted by Gasteiger charge is 2.47. The molecule has 0 atom stereocenters. The predicted molar refractivity (Wildman–Crippen MR) is 93.0 cm³/mol. The number of rotatable bonds is 1. The SMILES string of the molecule is CCOC(=O)N1CCC2(CC1)CN(C(C)(C)C)c1ccccc12. The van der Waals surface area contributed by atoms with Crippen LogP contribution in [-0.4, -0.2) is 42.8 Å². The monoisotopic (exact) mass is 316 g/mol. The molecule has 0 aliphatic carbocycles. The smallest absolute Gasteiger partial charge is 0.409 e. The maximum absolute atomic E-state index is 12.0. The zero-order valence-electron chi connectivity index (χ0n) is 14.8. The van der Waals surface area contributed by atoms with Crippen LogP contribution in [0.1, 0.15) is 46.1 Å². The number of anilines is 1. The first-order valence-corrected chi connectivity index (χ1v) is 8.66. The van der Waals surface area contributed by atoms with E-state index in [0.717, 1.165) is 32.5 Å². The van der Waals surface area contributed by atoms with E-state index >= 15 is 0 Å². The second-order valence-corrected chi connectivity index (χ2v) is 7.74. The number of para-hydroxylation sites is 1. The molecule has 2 heterocycles. The topological polar surface area (TPSA) is 32.8 Å². The molecule has 4 nitrogen and oxygen atoms in total. The van der Waals surface area contributed by atoms with E-state index in [9.17, 15) is 4.79 Å². The van der Waals surface area contributed by atoms with Crippen molar-refractivity contribution in [3.05, 3.63) is 29.8 Å². The fourth-order valence-corrected chi connectivity index (χ4v) is 3.99. The fourth-order valence-electron chi connectivity index (χ4n) is 3.99. The Morgan fingerprint density at radius 2 is 1.87 bits per heavy atom. The second-order valence-electron chi connectivity index (χ2n) is 7.74. The molecule has 1 aromatic carbocycles. The second kappa shape index (κ2) is 5.73. The summed E-state index contributed by atoms with van der Waals surface area (Å²) in [6.07, 6.45) is 1.85. The number of piperidine rings is 1. The van der Waals surface area contributed by atoms with Gasteiger partial charge in [0.05, 0.1) is 6.61 Å². The largest absolute Gasteiger partial charge is 0.450 e. The van der Waals surface area contributed by atoms with Crippen molar-refractivity contribution in [2.75, 3.05) is 31.1 Å². The molecule has 2 aliphatic rings. The fraction of sp³-hybridized carbons (Fsp3) is 0.632. The molecule has 1 aromatic rings. The van der Waals surface area contributed by atoms with Gasteiger partial charge in [0.25, 0.3) is 0 Å². The average molecular weight is 316 g/mol. The first-order chi connectivity index (χ1) is 10.9. The van der Waals surface area contributed by atoms with Gasteiger partial charge in [0.2, 0.25) is 0 Å². The lowest BCUT2D eigenvalue weighted by molar-refractivity contribution is 0.0876. The number of hydrogen-bond donors (Lipinski definition) is 0. The molecule has 1 spiro atoms. The molecular formula is C19H28N2O2. The first kappa shape index (κ1) is 16.2. The Hall–Kier alpha value is -1.71. The number of benzene rings is 1.